The zero-order valence-corrected chi connectivity index (χ0v) is 17.3. The van der Waals surface area contributed by atoms with Crippen molar-refractivity contribution in [1.82, 2.24) is 0 Å². The molecule has 0 spiro atoms. The molecule has 4 heteroatoms. The van der Waals surface area contributed by atoms with Crippen LogP contribution in [0.5, 0.6) is 0 Å². The molecular formula is C23H32O4. The number of rotatable bonds is 4. The molecule has 0 N–H and O–H groups in total. The van der Waals surface area contributed by atoms with Crippen LogP contribution in [0, 0.1) is 22.7 Å². The summed E-state index contributed by atoms with van der Waals surface area (Å²) in [5.41, 5.74) is 2.01. The number of allylic oxidation sites excluding steroid dienone is 3. The van der Waals surface area contributed by atoms with Crippen molar-refractivity contribution in [2.24, 2.45) is 22.7 Å². The second-order valence-corrected chi connectivity index (χ2v) is 9.27. The quantitative estimate of drug-likeness (QED) is 0.406. The van der Waals surface area contributed by atoms with E-state index in [1.165, 1.54) is 38.7 Å². The first-order chi connectivity index (χ1) is 12.7. The van der Waals surface area contributed by atoms with Crippen molar-refractivity contribution < 1.29 is 19.1 Å². The molecule has 0 aromatic heterocycles. The van der Waals surface area contributed by atoms with Crippen LogP contribution in [0.25, 0.3) is 0 Å². The molecule has 0 radical (unpaired) electrons. The molecule has 0 bridgehead atoms. The van der Waals surface area contributed by atoms with Gasteiger partial charge in [0.1, 0.15) is 0 Å². The van der Waals surface area contributed by atoms with Gasteiger partial charge in [-0.1, -0.05) is 39.3 Å². The van der Waals surface area contributed by atoms with Gasteiger partial charge in [-0.15, -0.1) is 0 Å². The van der Waals surface area contributed by atoms with E-state index >= 15 is 0 Å². The minimum Gasteiger partial charge on any atom is -0.493 e. The minimum atomic E-state index is -0.533. The van der Waals surface area contributed by atoms with E-state index in [0.29, 0.717) is 29.4 Å². The topological polar surface area (TPSA) is 52.6 Å². The van der Waals surface area contributed by atoms with Crippen molar-refractivity contribution in [1.29, 1.82) is 0 Å². The monoisotopic (exact) mass is 372 g/mol. The van der Waals surface area contributed by atoms with E-state index in [-0.39, 0.29) is 16.7 Å². The van der Waals surface area contributed by atoms with Gasteiger partial charge in [-0.25, -0.2) is 0 Å². The molecule has 0 aliphatic heterocycles. The Balaban J connectivity index is 2.02. The summed E-state index contributed by atoms with van der Waals surface area (Å²) in [6, 6.07) is 0. The summed E-state index contributed by atoms with van der Waals surface area (Å²) in [6.45, 7) is 11.5. The molecule has 0 heterocycles. The van der Waals surface area contributed by atoms with Gasteiger partial charge in [0.05, 0.1) is 19.8 Å². The fourth-order valence-corrected chi connectivity index (χ4v) is 6.07. The van der Waals surface area contributed by atoms with Crippen LogP contribution in [0.4, 0.5) is 0 Å². The highest BCUT2D eigenvalue weighted by molar-refractivity contribution is 6.48. The van der Waals surface area contributed by atoms with Gasteiger partial charge in [0.25, 0.3) is 0 Å². The second kappa shape index (κ2) is 6.96. The van der Waals surface area contributed by atoms with E-state index in [2.05, 4.69) is 27.4 Å². The van der Waals surface area contributed by atoms with E-state index in [1.54, 1.807) is 0 Å². The molecule has 27 heavy (non-hydrogen) atoms. The maximum Gasteiger partial charge on any atom is 0.232 e. The van der Waals surface area contributed by atoms with Crippen LogP contribution in [0.3, 0.4) is 0 Å². The van der Waals surface area contributed by atoms with Crippen LogP contribution >= 0.6 is 0 Å². The van der Waals surface area contributed by atoms with Gasteiger partial charge in [0.15, 0.2) is 11.5 Å². The predicted octanol–water partition coefficient (Wildman–Crippen LogP) is 4.76. The summed E-state index contributed by atoms with van der Waals surface area (Å²) in [5.74, 6) is 0.493. The van der Waals surface area contributed by atoms with Crippen molar-refractivity contribution in [2.45, 2.75) is 59.3 Å². The predicted molar refractivity (Wildman–Crippen MR) is 105 cm³/mol. The summed E-state index contributed by atoms with van der Waals surface area (Å²) >= 11 is 0. The molecule has 0 amide bonds. The summed E-state index contributed by atoms with van der Waals surface area (Å²) in [6.07, 6.45) is 7.44. The Morgan fingerprint density at radius 3 is 2.48 bits per heavy atom. The minimum absolute atomic E-state index is 0.0840. The van der Waals surface area contributed by atoms with Crippen LogP contribution in [-0.2, 0) is 19.1 Å². The number of ketones is 2. The van der Waals surface area contributed by atoms with Crippen LogP contribution in [0.1, 0.15) is 59.3 Å². The maximum atomic E-state index is 12.7. The Hall–Kier alpha value is -1.84. The Kier molecular flexibility index (Phi) is 5.13. The first kappa shape index (κ1) is 19.9. The molecule has 2 fully saturated rings. The van der Waals surface area contributed by atoms with E-state index in [4.69, 9.17) is 9.47 Å². The number of Topliss-reactive ketones (excluding diaryl/α,β-unsaturated/α-hetero) is 1. The zero-order valence-electron chi connectivity index (χ0n) is 17.3. The summed E-state index contributed by atoms with van der Waals surface area (Å²) in [4.78, 5) is 24.9. The normalized spacial score (nSPS) is 33.5. The number of carbonyl (C=O) groups is 2. The zero-order chi connectivity index (χ0) is 20.0. The Labute approximate surface area is 162 Å². The van der Waals surface area contributed by atoms with Crippen LogP contribution < -0.4 is 0 Å². The van der Waals surface area contributed by atoms with Crippen molar-refractivity contribution in [3.8, 4) is 0 Å². The lowest BCUT2D eigenvalue weighted by molar-refractivity contribution is -0.132. The molecule has 0 saturated heterocycles. The molecule has 0 unspecified atom stereocenters. The highest BCUT2D eigenvalue weighted by Crippen LogP contribution is 2.62. The van der Waals surface area contributed by atoms with Gasteiger partial charge in [0.2, 0.25) is 11.6 Å². The van der Waals surface area contributed by atoms with Gasteiger partial charge in [-0.2, -0.15) is 0 Å². The molecule has 2 saturated carbocycles. The number of carbonyl (C=O) groups excluding carboxylic acids is 2. The van der Waals surface area contributed by atoms with Gasteiger partial charge in [0, 0.05) is 6.08 Å². The molecule has 3 aliphatic rings. The van der Waals surface area contributed by atoms with Crippen LogP contribution in [0.15, 0.2) is 35.3 Å². The Morgan fingerprint density at radius 2 is 1.85 bits per heavy atom. The molecule has 0 aromatic rings. The average molecular weight is 373 g/mol. The number of fused-ring (bicyclic) bond motifs is 1. The highest BCUT2D eigenvalue weighted by atomic mass is 16.5. The first-order valence-corrected chi connectivity index (χ1v) is 9.95. The largest absolute Gasteiger partial charge is 0.493 e. The Morgan fingerprint density at radius 1 is 1.15 bits per heavy atom. The molecule has 0 aromatic carbocycles. The van der Waals surface area contributed by atoms with Crippen molar-refractivity contribution in [3.63, 3.8) is 0 Å². The standard InChI is InChI=1S/C23H32O4/c1-14-8-9-19-22(2,3)10-7-11-23(19,4)16(14)12-15-20(25)17(24)13-18(26-5)21(15)27-6/h13,16,19H,1,7-12H2,2-6H3/t16-,19-,23+/m1/s1. The van der Waals surface area contributed by atoms with Gasteiger partial charge < -0.3 is 9.47 Å². The molecule has 3 aliphatic carbocycles. The number of hydrogen-bond donors (Lipinski definition) is 0. The summed E-state index contributed by atoms with van der Waals surface area (Å²) < 4.78 is 10.8. The molecule has 3 rings (SSSR count). The van der Waals surface area contributed by atoms with Crippen molar-refractivity contribution in [2.75, 3.05) is 14.2 Å². The summed E-state index contributed by atoms with van der Waals surface area (Å²) in [7, 11) is 3.02. The van der Waals surface area contributed by atoms with Gasteiger partial charge in [-0.3, -0.25) is 9.59 Å². The maximum absolute atomic E-state index is 12.7. The highest BCUT2D eigenvalue weighted by Gasteiger charge is 2.53. The number of methoxy groups -OCH3 is 2. The molecule has 3 atom stereocenters. The average Bonchev–Trinajstić information content (AvgIpc) is 2.60. The van der Waals surface area contributed by atoms with Gasteiger partial charge in [-0.05, 0) is 54.8 Å². The fourth-order valence-electron chi connectivity index (χ4n) is 6.07. The summed E-state index contributed by atoms with van der Waals surface area (Å²) in [5, 5.41) is 0. The van der Waals surface area contributed by atoms with E-state index < -0.39 is 11.6 Å². The van der Waals surface area contributed by atoms with Crippen LogP contribution in [0.2, 0.25) is 0 Å². The molecule has 4 nitrogen and oxygen atoms in total. The lowest BCUT2D eigenvalue weighted by atomic mass is 9.47. The molecule has 148 valence electrons. The van der Waals surface area contributed by atoms with Crippen LogP contribution in [-0.4, -0.2) is 25.8 Å². The molecular weight excluding hydrogens is 340 g/mol. The van der Waals surface area contributed by atoms with Crippen molar-refractivity contribution >= 4 is 11.6 Å². The number of hydrogen-bond acceptors (Lipinski definition) is 4. The van der Waals surface area contributed by atoms with E-state index in [1.807, 2.05) is 0 Å². The third kappa shape index (κ3) is 3.17. The first-order valence-electron chi connectivity index (χ1n) is 9.95. The fraction of sp³-hybridized carbons (Fsp3) is 0.652. The second-order valence-electron chi connectivity index (χ2n) is 9.27. The Bertz CT molecular complexity index is 739. The third-order valence-corrected chi connectivity index (χ3v) is 7.41. The van der Waals surface area contributed by atoms with E-state index in [0.717, 1.165) is 19.3 Å². The third-order valence-electron chi connectivity index (χ3n) is 7.41. The SMILES string of the molecule is C=C1CC[C@@H]2C(C)(C)CCC[C@@]2(C)[C@@H]1CC1=C(OC)C(OC)=CC(=O)C1=O. The van der Waals surface area contributed by atoms with E-state index in [9.17, 15) is 9.59 Å². The lowest BCUT2D eigenvalue weighted by Gasteiger charge is -2.58. The smallest absolute Gasteiger partial charge is 0.232 e. The van der Waals surface area contributed by atoms with Crippen molar-refractivity contribution in [3.05, 3.63) is 35.3 Å². The van der Waals surface area contributed by atoms with Gasteiger partial charge >= 0.3 is 0 Å². The lowest BCUT2D eigenvalue weighted by Crippen LogP contribution is -2.49. The number of ether oxygens (including phenoxy) is 2.